The lowest BCUT2D eigenvalue weighted by Gasteiger charge is -2.16. The molecule has 0 aliphatic heterocycles. The second kappa shape index (κ2) is 8.34. The van der Waals surface area contributed by atoms with E-state index in [1.807, 2.05) is 0 Å². The third-order valence-corrected chi connectivity index (χ3v) is 3.51. The van der Waals surface area contributed by atoms with Gasteiger partial charge in [0.15, 0.2) is 0 Å². The van der Waals surface area contributed by atoms with E-state index in [9.17, 15) is 0 Å². The molecule has 2 atom stereocenters. The van der Waals surface area contributed by atoms with E-state index in [4.69, 9.17) is 10.5 Å². The largest absolute Gasteiger partial charge is 0.379 e. The molecule has 0 heterocycles. The van der Waals surface area contributed by atoms with Crippen LogP contribution in [0.15, 0.2) is 24.3 Å². The van der Waals surface area contributed by atoms with Crippen LogP contribution in [0.5, 0.6) is 0 Å². The van der Waals surface area contributed by atoms with Gasteiger partial charge in [-0.05, 0) is 29.4 Å². The van der Waals surface area contributed by atoms with Gasteiger partial charge in [0, 0.05) is 6.61 Å². The summed E-state index contributed by atoms with van der Waals surface area (Å²) in [6.45, 7) is 10.3. The standard InChI is InChI=1S/C17H29NO/c1-5-6-14(4)11-19-12-17(18)16-9-7-15(8-10-16)13(2)3/h7-10,13-14,17H,5-6,11-12,18H2,1-4H3. The van der Waals surface area contributed by atoms with Gasteiger partial charge in [0.1, 0.15) is 0 Å². The number of rotatable bonds is 8. The molecule has 1 aromatic carbocycles. The highest BCUT2D eigenvalue weighted by atomic mass is 16.5. The van der Waals surface area contributed by atoms with Gasteiger partial charge >= 0.3 is 0 Å². The topological polar surface area (TPSA) is 35.2 Å². The van der Waals surface area contributed by atoms with Crippen LogP contribution in [-0.2, 0) is 4.74 Å². The zero-order chi connectivity index (χ0) is 14.3. The normalized spacial score (nSPS) is 14.6. The molecule has 0 saturated heterocycles. The van der Waals surface area contributed by atoms with E-state index in [1.54, 1.807) is 0 Å². The Kier molecular flexibility index (Phi) is 7.11. The molecule has 0 fully saturated rings. The maximum atomic E-state index is 6.16. The van der Waals surface area contributed by atoms with Crippen molar-refractivity contribution in [3.05, 3.63) is 35.4 Å². The van der Waals surface area contributed by atoms with Crippen molar-refractivity contribution in [2.45, 2.75) is 52.5 Å². The monoisotopic (exact) mass is 263 g/mol. The van der Waals surface area contributed by atoms with Gasteiger partial charge < -0.3 is 10.5 Å². The molecule has 0 aromatic heterocycles. The van der Waals surface area contributed by atoms with E-state index in [-0.39, 0.29) is 6.04 Å². The van der Waals surface area contributed by atoms with Crippen molar-refractivity contribution in [2.24, 2.45) is 11.7 Å². The molecule has 0 spiro atoms. The number of benzene rings is 1. The molecule has 108 valence electrons. The Morgan fingerprint density at radius 3 is 2.11 bits per heavy atom. The molecule has 2 heteroatoms. The van der Waals surface area contributed by atoms with E-state index >= 15 is 0 Å². The molecule has 1 aromatic rings. The van der Waals surface area contributed by atoms with Gasteiger partial charge in [-0.1, -0.05) is 58.4 Å². The predicted octanol–water partition coefficient (Wildman–Crippen LogP) is 4.26. The van der Waals surface area contributed by atoms with E-state index in [1.165, 1.54) is 18.4 Å². The molecule has 0 aliphatic rings. The van der Waals surface area contributed by atoms with Gasteiger partial charge in [-0.2, -0.15) is 0 Å². The van der Waals surface area contributed by atoms with Gasteiger partial charge in [0.05, 0.1) is 12.6 Å². The van der Waals surface area contributed by atoms with Crippen LogP contribution in [0, 0.1) is 5.92 Å². The number of hydrogen-bond donors (Lipinski definition) is 1. The third-order valence-electron chi connectivity index (χ3n) is 3.51. The maximum absolute atomic E-state index is 6.16. The van der Waals surface area contributed by atoms with Gasteiger partial charge in [-0.15, -0.1) is 0 Å². The SMILES string of the molecule is CCCC(C)COCC(N)c1ccc(C(C)C)cc1. The first-order chi connectivity index (χ1) is 9.04. The highest BCUT2D eigenvalue weighted by molar-refractivity contribution is 5.26. The number of nitrogens with two attached hydrogens (primary N) is 1. The zero-order valence-corrected chi connectivity index (χ0v) is 12.9. The number of hydrogen-bond acceptors (Lipinski definition) is 2. The molecule has 0 radical (unpaired) electrons. The molecule has 0 aliphatic carbocycles. The molecule has 2 unspecified atom stereocenters. The van der Waals surface area contributed by atoms with Gasteiger partial charge in [0.2, 0.25) is 0 Å². The lowest BCUT2D eigenvalue weighted by molar-refractivity contribution is 0.0909. The minimum absolute atomic E-state index is 0.0185. The van der Waals surface area contributed by atoms with Crippen LogP contribution in [0.2, 0.25) is 0 Å². The van der Waals surface area contributed by atoms with Crippen LogP contribution >= 0.6 is 0 Å². The van der Waals surface area contributed by atoms with E-state index in [2.05, 4.69) is 52.0 Å². The summed E-state index contributed by atoms with van der Waals surface area (Å²) in [5, 5.41) is 0. The predicted molar refractivity (Wildman–Crippen MR) is 82.4 cm³/mol. The van der Waals surface area contributed by atoms with E-state index in [0.29, 0.717) is 18.4 Å². The van der Waals surface area contributed by atoms with Crippen molar-refractivity contribution in [3.8, 4) is 0 Å². The average molecular weight is 263 g/mol. The Bertz CT molecular complexity index is 345. The second-order valence-electron chi connectivity index (χ2n) is 5.86. The Morgan fingerprint density at radius 2 is 1.58 bits per heavy atom. The highest BCUT2D eigenvalue weighted by Crippen LogP contribution is 2.18. The summed E-state index contributed by atoms with van der Waals surface area (Å²) in [6.07, 6.45) is 2.44. The van der Waals surface area contributed by atoms with Crippen LogP contribution in [0.25, 0.3) is 0 Å². The van der Waals surface area contributed by atoms with Gasteiger partial charge in [0.25, 0.3) is 0 Å². The fourth-order valence-electron chi connectivity index (χ4n) is 2.20. The summed E-state index contributed by atoms with van der Waals surface area (Å²) in [7, 11) is 0. The van der Waals surface area contributed by atoms with E-state index in [0.717, 1.165) is 12.2 Å². The lowest BCUT2D eigenvalue weighted by atomic mass is 9.99. The zero-order valence-electron chi connectivity index (χ0n) is 12.9. The van der Waals surface area contributed by atoms with E-state index < -0.39 is 0 Å². The quantitative estimate of drug-likeness (QED) is 0.760. The van der Waals surface area contributed by atoms with Gasteiger partial charge in [-0.25, -0.2) is 0 Å². The molecular weight excluding hydrogens is 234 g/mol. The maximum Gasteiger partial charge on any atom is 0.0659 e. The molecule has 0 saturated carbocycles. The third kappa shape index (κ3) is 5.75. The molecule has 0 amide bonds. The first-order valence-corrected chi connectivity index (χ1v) is 7.47. The average Bonchev–Trinajstić information content (AvgIpc) is 2.39. The summed E-state index contributed by atoms with van der Waals surface area (Å²) in [5.74, 6) is 1.19. The van der Waals surface area contributed by atoms with Crippen LogP contribution in [0.3, 0.4) is 0 Å². The molecule has 0 bridgehead atoms. The second-order valence-corrected chi connectivity index (χ2v) is 5.86. The number of ether oxygens (including phenoxy) is 1. The minimum Gasteiger partial charge on any atom is -0.379 e. The molecule has 1 rings (SSSR count). The van der Waals surface area contributed by atoms with Crippen molar-refractivity contribution in [1.29, 1.82) is 0 Å². The molecule has 2 N–H and O–H groups in total. The molecule has 2 nitrogen and oxygen atoms in total. The van der Waals surface area contributed by atoms with Crippen molar-refractivity contribution >= 4 is 0 Å². The van der Waals surface area contributed by atoms with Crippen molar-refractivity contribution in [1.82, 2.24) is 0 Å². The van der Waals surface area contributed by atoms with Gasteiger partial charge in [-0.3, -0.25) is 0 Å². The Hall–Kier alpha value is -0.860. The summed E-state index contributed by atoms with van der Waals surface area (Å²) in [6, 6.07) is 8.56. The van der Waals surface area contributed by atoms with Crippen LogP contribution in [-0.4, -0.2) is 13.2 Å². The summed E-state index contributed by atoms with van der Waals surface area (Å²) in [5.41, 5.74) is 8.67. The summed E-state index contributed by atoms with van der Waals surface area (Å²) < 4.78 is 5.72. The first-order valence-electron chi connectivity index (χ1n) is 7.47. The molecule has 19 heavy (non-hydrogen) atoms. The summed E-state index contributed by atoms with van der Waals surface area (Å²) >= 11 is 0. The molecular formula is C17H29NO. The Labute approximate surface area is 118 Å². The fraction of sp³-hybridized carbons (Fsp3) is 0.647. The van der Waals surface area contributed by atoms with Crippen LogP contribution in [0.1, 0.15) is 63.6 Å². The van der Waals surface area contributed by atoms with Crippen molar-refractivity contribution < 1.29 is 4.74 Å². The highest BCUT2D eigenvalue weighted by Gasteiger charge is 2.08. The summed E-state index contributed by atoms with van der Waals surface area (Å²) in [4.78, 5) is 0. The first kappa shape index (κ1) is 16.2. The van der Waals surface area contributed by atoms with Crippen LogP contribution < -0.4 is 5.73 Å². The van der Waals surface area contributed by atoms with Crippen molar-refractivity contribution in [2.75, 3.05) is 13.2 Å². The lowest BCUT2D eigenvalue weighted by Crippen LogP contribution is -2.19. The Morgan fingerprint density at radius 1 is 1.00 bits per heavy atom. The fourth-order valence-corrected chi connectivity index (χ4v) is 2.20. The smallest absolute Gasteiger partial charge is 0.0659 e. The van der Waals surface area contributed by atoms with Crippen LogP contribution in [0.4, 0.5) is 0 Å². The minimum atomic E-state index is -0.0185. The Balaban J connectivity index is 2.38. The van der Waals surface area contributed by atoms with Crippen molar-refractivity contribution in [3.63, 3.8) is 0 Å².